The third kappa shape index (κ3) is 4.61. The molecule has 0 saturated carbocycles. The van der Waals surface area contributed by atoms with Crippen LogP contribution in [0, 0.1) is 0 Å². The number of hydrogen-bond acceptors (Lipinski definition) is 2. The van der Waals surface area contributed by atoms with E-state index in [0.29, 0.717) is 13.0 Å². The first-order valence-electron chi connectivity index (χ1n) is 5.44. The molecule has 1 unspecified atom stereocenters. The molecule has 0 bridgehead atoms. The molecule has 1 atom stereocenters. The normalized spacial score (nSPS) is 15.1. The Morgan fingerprint density at radius 3 is 2.36 bits per heavy atom. The summed E-state index contributed by atoms with van der Waals surface area (Å²) >= 11 is 0. The van der Waals surface area contributed by atoms with E-state index in [4.69, 9.17) is 9.84 Å². The van der Waals surface area contributed by atoms with Gasteiger partial charge in [-0.1, -0.05) is 26.7 Å². The summed E-state index contributed by atoms with van der Waals surface area (Å²) in [6.45, 7) is 6.27. The molecule has 0 aromatic carbocycles. The van der Waals surface area contributed by atoms with Gasteiger partial charge in [-0.15, -0.1) is 0 Å². The highest BCUT2D eigenvalue weighted by Crippen LogP contribution is 2.20. The number of carboxylic acid groups (broad SMARTS) is 1. The molecule has 0 aliphatic rings. The molecule has 1 N–H and O–H groups in total. The van der Waals surface area contributed by atoms with Crippen LogP contribution in [0.3, 0.4) is 0 Å². The van der Waals surface area contributed by atoms with E-state index in [-0.39, 0.29) is 0 Å². The van der Waals surface area contributed by atoms with Crippen LogP contribution in [-0.4, -0.2) is 23.3 Å². The van der Waals surface area contributed by atoms with Crippen molar-refractivity contribution in [2.45, 2.75) is 58.5 Å². The van der Waals surface area contributed by atoms with Gasteiger partial charge in [0.25, 0.3) is 0 Å². The van der Waals surface area contributed by atoms with Crippen molar-refractivity contribution in [2.75, 3.05) is 6.61 Å². The Morgan fingerprint density at radius 2 is 1.93 bits per heavy atom. The molecule has 0 aliphatic carbocycles. The lowest BCUT2D eigenvalue weighted by molar-refractivity contribution is -0.164. The average Bonchev–Trinajstić information content (AvgIpc) is 2.15. The Morgan fingerprint density at radius 1 is 1.29 bits per heavy atom. The van der Waals surface area contributed by atoms with Gasteiger partial charge in [0.05, 0.1) is 0 Å². The summed E-state index contributed by atoms with van der Waals surface area (Å²) in [5, 5.41) is 9.03. The van der Waals surface area contributed by atoms with Gasteiger partial charge in [-0.3, -0.25) is 0 Å². The fraction of sp³-hybridized carbons (Fsp3) is 0.909. The Labute approximate surface area is 86.5 Å². The second kappa shape index (κ2) is 6.82. The lowest BCUT2D eigenvalue weighted by Crippen LogP contribution is -2.38. The maximum absolute atomic E-state index is 11.0. The molecule has 0 amide bonds. The predicted octanol–water partition coefficient (Wildman–Crippen LogP) is 2.84. The number of aliphatic carboxylic acids is 1. The number of carboxylic acids is 1. The van der Waals surface area contributed by atoms with E-state index < -0.39 is 11.6 Å². The summed E-state index contributed by atoms with van der Waals surface area (Å²) < 4.78 is 5.39. The molecule has 0 aromatic rings. The third-order valence-corrected chi connectivity index (χ3v) is 2.33. The largest absolute Gasteiger partial charge is 0.479 e. The predicted molar refractivity (Wildman–Crippen MR) is 56.4 cm³/mol. The van der Waals surface area contributed by atoms with Gasteiger partial charge in [-0.25, -0.2) is 4.79 Å². The minimum Gasteiger partial charge on any atom is -0.479 e. The van der Waals surface area contributed by atoms with E-state index in [1.807, 2.05) is 6.92 Å². The zero-order valence-corrected chi connectivity index (χ0v) is 9.51. The van der Waals surface area contributed by atoms with Crippen molar-refractivity contribution in [2.24, 2.45) is 0 Å². The van der Waals surface area contributed by atoms with E-state index in [2.05, 4.69) is 6.92 Å². The molecule has 3 nitrogen and oxygen atoms in total. The van der Waals surface area contributed by atoms with E-state index in [1.165, 1.54) is 0 Å². The number of ether oxygens (including phenoxy) is 1. The van der Waals surface area contributed by atoms with E-state index in [0.717, 1.165) is 25.7 Å². The van der Waals surface area contributed by atoms with Crippen molar-refractivity contribution in [3.8, 4) is 0 Å². The van der Waals surface area contributed by atoms with Crippen LogP contribution in [0.5, 0.6) is 0 Å². The highest BCUT2D eigenvalue weighted by molar-refractivity contribution is 5.76. The van der Waals surface area contributed by atoms with Crippen LogP contribution in [0.2, 0.25) is 0 Å². The summed E-state index contributed by atoms with van der Waals surface area (Å²) in [7, 11) is 0. The Kier molecular flexibility index (Phi) is 6.54. The van der Waals surface area contributed by atoms with E-state index in [1.54, 1.807) is 6.92 Å². The molecule has 84 valence electrons. The van der Waals surface area contributed by atoms with Crippen LogP contribution < -0.4 is 0 Å². The molecule has 0 aliphatic heterocycles. The lowest BCUT2D eigenvalue weighted by Gasteiger charge is -2.25. The average molecular weight is 202 g/mol. The standard InChI is InChI=1S/C11H22O3/c1-4-6-7-8-11(3,10(12)13)14-9-5-2/h4-9H2,1-3H3,(H,12,13). The molecule has 0 spiro atoms. The highest BCUT2D eigenvalue weighted by Gasteiger charge is 2.32. The van der Waals surface area contributed by atoms with Crippen LogP contribution in [0.1, 0.15) is 52.9 Å². The summed E-state index contributed by atoms with van der Waals surface area (Å²) in [5.74, 6) is -0.845. The number of rotatable bonds is 8. The van der Waals surface area contributed by atoms with Crippen molar-refractivity contribution in [1.29, 1.82) is 0 Å². The third-order valence-electron chi connectivity index (χ3n) is 2.33. The zero-order valence-electron chi connectivity index (χ0n) is 9.51. The van der Waals surface area contributed by atoms with Gasteiger partial charge >= 0.3 is 5.97 Å². The van der Waals surface area contributed by atoms with Crippen molar-refractivity contribution >= 4 is 5.97 Å². The first-order chi connectivity index (χ1) is 6.56. The minimum atomic E-state index is -0.981. The van der Waals surface area contributed by atoms with Crippen molar-refractivity contribution in [1.82, 2.24) is 0 Å². The summed E-state index contributed by atoms with van der Waals surface area (Å²) in [6, 6.07) is 0. The first-order valence-corrected chi connectivity index (χ1v) is 5.44. The lowest BCUT2D eigenvalue weighted by atomic mass is 9.98. The van der Waals surface area contributed by atoms with Crippen molar-refractivity contribution in [3.05, 3.63) is 0 Å². The number of carbonyl (C=O) groups is 1. The van der Waals surface area contributed by atoms with Crippen LogP contribution >= 0.6 is 0 Å². The first kappa shape index (κ1) is 13.4. The summed E-state index contributed by atoms with van der Waals surface area (Å²) in [5.41, 5.74) is -0.981. The maximum Gasteiger partial charge on any atom is 0.335 e. The summed E-state index contributed by atoms with van der Waals surface area (Å²) in [4.78, 5) is 11.0. The topological polar surface area (TPSA) is 46.5 Å². The fourth-order valence-corrected chi connectivity index (χ4v) is 1.28. The molecule has 0 rings (SSSR count). The molecule has 0 aromatic heterocycles. The van der Waals surface area contributed by atoms with Gasteiger partial charge in [-0.2, -0.15) is 0 Å². The molecule has 0 saturated heterocycles. The van der Waals surface area contributed by atoms with Gasteiger partial charge in [0, 0.05) is 6.61 Å². The number of hydrogen-bond donors (Lipinski definition) is 1. The fourth-order valence-electron chi connectivity index (χ4n) is 1.28. The zero-order chi connectivity index (χ0) is 11.0. The molecule has 14 heavy (non-hydrogen) atoms. The summed E-state index contributed by atoms with van der Waals surface area (Å²) in [6.07, 6.45) is 4.55. The monoisotopic (exact) mass is 202 g/mol. The van der Waals surface area contributed by atoms with Crippen molar-refractivity contribution < 1.29 is 14.6 Å². The van der Waals surface area contributed by atoms with Gasteiger partial charge < -0.3 is 9.84 Å². The molecule has 3 heteroatoms. The molecule has 0 radical (unpaired) electrons. The second-order valence-electron chi connectivity index (χ2n) is 3.84. The minimum absolute atomic E-state index is 0.523. The van der Waals surface area contributed by atoms with E-state index >= 15 is 0 Å². The van der Waals surface area contributed by atoms with Gasteiger partial charge in [0.1, 0.15) is 0 Å². The van der Waals surface area contributed by atoms with Crippen LogP contribution in [0.25, 0.3) is 0 Å². The van der Waals surface area contributed by atoms with Crippen molar-refractivity contribution in [3.63, 3.8) is 0 Å². The molecule has 0 fully saturated rings. The van der Waals surface area contributed by atoms with Gasteiger partial charge in [0.15, 0.2) is 5.60 Å². The number of unbranched alkanes of at least 4 members (excludes halogenated alkanes) is 2. The quantitative estimate of drug-likeness (QED) is 0.616. The smallest absolute Gasteiger partial charge is 0.335 e. The molecular weight excluding hydrogens is 180 g/mol. The van der Waals surface area contributed by atoms with Crippen LogP contribution in [0.4, 0.5) is 0 Å². The van der Waals surface area contributed by atoms with Crippen LogP contribution in [-0.2, 0) is 9.53 Å². The Bertz CT molecular complexity index is 168. The molecule has 0 heterocycles. The Hall–Kier alpha value is -0.570. The highest BCUT2D eigenvalue weighted by atomic mass is 16.5. The second-order valence-corrected chi connectivity index (χ2v) is 3.84. The van der Waals surface area contributed by atoms with Crippen LogP contribution in [0.15, 0.2) is 0 Å². The molecular formula is C11H22O3. The van der Waals surface area contributed by atoms with Gasteiger partial charge in [-0.05, 0) is 26.2 Å². The van der Waals surface area contributed by atoms with E-state index in [9.17, 15) is 4.79 Å². The maximum atomic E-state index is 11.0. The Balaban J connectivity index is 4.03. The van der Waals surface area contributed by atoms with Gasteiger partial charge in [0.2, 0.25) is 0 Å². The SMILES string of the molecule is CCCCCC(C)(OCCC)C(=O)O.